The van der Waals surface area contributed by atoms with Gasteiger partial charge in [-0.3, -0.25) is 4.79 Å². The Hall–Kier alpha value is -1.93. The number of likely N-dealkylation sites (N-methyl/N-ethyl adjacent to an activating group) is 1. The van der Waals surface area contributed by atoms with Crippen LogP contribution in [0.4, 0.5) is 0 Å². The first-order chi connectivity index (χ1) is 12.2. The average molecular weight is 382 g/mol. The topological polar surface area (TPSA) is 92.8 Å². The highest BCUT2D eigenvalue weighted by atomic mass is 32.2. The molecule has 0 aromatic heterocycles. The molecule has 1 aromatic carbocycles. The number of nitrogens with one attached hydrogen (secondary N) is 1. The molecule has 7 nitrogen and oxygen atoms in total. The molecular formula is C18H26N2O5S. The lowest BCUT2D eigenvalue weighted by Crippen LogP contribution is -2.42. The van der Waals surface area contributed by atoms with Crippen LogP contribution in [0.3, 0.4) is 0 Å². The molecule has 1 heterocycles. The Kier molecular flexibility index (Phi) is 6.77. The Morgan fingerprint density at radius 3 is 2.27 bits per heavy atom. The third kappa shape index (κ3) is 5.04. The average Bonchev–Trinajstić information content (AvgIpc) is 2.59. The number of hydrogen-bond acceptors (Lipinski definition) is 5. The molecule has 1 aliphatic heterocycles. The summed E-state index contributed by atoms with van der Waals surface area (Å²) in [5.41, 5.74) is 0.202. The first kappa shape index (κ1) is 20.4. The predicted molar refractivity (Wildman–Crippen MR) is 97.1 cm³/mol. The van der Waals surface area contributed by atoms with Crippen molar-refractivity contribution in [1.29, 1.82) is 0 Å². The van der Waals surface area contributed by atoms with Crippen molar-refractivity contribution in [2.75, 3.05) is 26.2 Å². The van der Waals surface area contributed by atoms with Crippen LogP contribution in [0.2, 0.25) is 0 Å². The molecule has 0 bridgehead atoms. The van der Waals surface area contributed by atoms with E-state index in [2.05, 4.69) is 5.32 Å². The van der Waals surface area contributed by atoms with E-state index < -0.39 is 16.0 Å². The van der Waals surface area contributed by atoms with E-state index in [9.17, 15) is 18.0 Å². The zero-order valence-corrected chi connectivity index (χ0v) is 16.2. The molecule has 26 heavy (non-hydrogen) atoms. The van der Waals surface area contributed by atoms with Gasteiger partial charge in [-0.05, 0) is 49.4 Å². The molecule has 1 amide bonds. The molecular weight excluding hydrogens is 356 g/mol. The van der Waals surface area contributed by atoms with Gasteiger partial charge in [-0.2, -0.15) is 4.31 Å². The third-order valence-corrected chi connectivity index (χ3v) is 6.12. The molecule has 1 N–H and O–H groups in total. The molecule has 1 aromatic rings. The number of carbonyl (C=O) groups is 2. The van der Waals surface area contributed by atoms with Gasteiger partial charge in [-0.15, -0.1) is 0 Å². The van der Waals surface area contributed by atoms with Crippen molar-refractivity contribution in [2.45, 2.75) is 32.1 Å². The summed E-state index contributed by atoms with van der Waals surface area (Å²) < 4.78 is 32.0. The van der Waals surface area contributed by atoms with E-state index in [1.54, 1.807) is 6.92 Å². The number of benzene rings is 1. The maximum absolute atomic E-state index is 12.8. The number of carbonyl (C=O) groups excluding carboxylic acids is 2. The fourth-order valence-corrected chi connectivity index (χ4v) is 4.86. The van der Waals surface area contributed by atoms with Crippen molar-refractivity contribution in [3.63, 3.8) is 0 Å². The minimum atomic E-state index is -3.59. The maximum Gasteiger partial charge on any atom is 0.338 e. The van der Waals surface area contributed by atoms with Crippen LogP contribution >= 0.6 is 0 Å². The smallest absolute Gasteiger partial charge is 0.338 e. The minimum Gasteiger partial charge on any atom is -0.452 e. The van der Waals surface area contributed by atoms with Crippen LogP contribution in [0, 0.1) is 11.8 Å². The molecule has 144 valence electrons. The highest BCUT2D eigenvalue weighted by molar-refractivity contribution is 7.89. The molecule has 1 aliphatic rings. The van der Waals surface area contributed by atoms with Gasteiger partial charge in [-0.1, -0.05) is 13.8 Å². The van der Waals surface area contributed by atoms with Crippen molar-refractivity contribution < 1.29 is 22.7 Å². The molecule has 1 fully saturated rings. The minimum absolute atomic E-state index is 0.152. The maximum atomic E-state index is 12.8. The normalized spacial score (nSPS) is 21.2. The van der Waals surface area contributed by atoms with Crippen LogP contribution in [0.1, 0.15) is 37.6 Å². The van der Waals surface area contributed by atoms with Crippen LogP contribution in [-0.2, 0) is 19.6 Å². The first-order valence-electron chi connectivity index (χ1n) is 8.78. The SMILES string of the molecule is CCNC(=O)COC(=O)c1ccc(S(=O)(=O)N2C[C@H](C)C[C@@H](C)C2)cc1. The number of sulfonamides is 1. The van der Waals surface area contributed by atoms with Gasteiger partial charge >= 0.3 is 5.97 Å². The van der Waals surface area contributed by atoms with Crippen molar-refractivity contribution >= 4 is 21.9 Å². The first-order valence-corrected chi connectivity index (χ1v) is 10.2. The summed E-state index contributed by atoms with van der Waals surface area (Å²) in [6, 6.07) is 5.62. The number of rotatable bonds is 6. The summed E-state index contributed by atoms with van der Waals surface area (Å²) in [4.78, 5) is 23.4. The van der Waals surface area contributed by atoms with E-state index >= 15 is 0 Å². The van der Waals surface area contributed by atoms with Gasteiger partial charge in [0.15, 0.2) is 6.61 Å². The highest BCUT2D eigenvalue weighted by Gasteiger charge is 2.31. The summed E-state index contributed by atoms with van der Waals surface area (Å²) in [6.45, 7) is 6.96. The van der Waals surface area contributed by atoms with E-state index in [0.717, 1.165) is 6.42 Å². The second-order valence-corrected chi connectivity index (χ2v) is 8.76. The molecule has 1 saturated heterocycles. The van der Waals surface area contributed by atoms with Crippen molar-refractivity contribution in [2.24, 2.45) is 11.8 Å². The number of esters is 1. The lowest BCUT2D eigenvalue weighted by molar-refractivity contribution is -0.124. The number of nitrogens with zero attached hydrogens (tertiary/aromatic N) is 1. The van der Waals surface area contributed by atoms with Gasteiger partial charge < -0.3 is 10.1 Å². The van der Waals surface area contributed by atoms with Gasteiger partial charge in [0.25, 0.3) is 5.91 Å². The molecule has 0 spiro atoms. The fraction of sp³-hybridized carbons (Fsp3) is 0.556. The zero-order valence-electron chi connectivity index (χ0n) is 15.4. The van der Waals surface area contributed by atoms with E-state index in [0.29, 0.717) is 31.5 Å². The predicted octanol–water partition coefficient (Wildman–Crippen LogP) is 1.65. The lowest BCUT2D eigenvalue weighted by Gasteiger charge is -2.34. The number of piperidine rings is 1. The van der Waals surface area contributed by atoms with Crippen molar-refractivity contribution in [1.82, 2.24) is 9.62 Å². The summed E-state index contributed by atoms with van der Waals surface area (Å²) in [5.74, 6) is -0.414. The molecule has 8 heteroatoms. The Morgan fingerprint density at radius 2 is 1.73 bits per heavy atom. The monoisotopic (exact) mass is 382 g/mol. The van der Waals surface area contributed by atoms with E-state index in [4.69, 9.17) is 4.74 Å². The molecule has 2 atom stereocenters. The Morgan fingerprint density at radius 1 is 1.15 bits per heavy atom. The zero-order chi connectivity index (χ0) is 19.3. The van der Waals surface area contributed by atoms with Gasteiger partial charge in [0.2, 0.25) is 10.0 Å². The van der Waals surface area contributed by atoms with E-state index in [1.165, 1.54) is 28.6 Å². The quantitative estimate of drug-likeness (QED) is 0.755. The van der Waals surface area contributed by atoms with Crippen LogP contribution < -0.4 is 5.32 Å². The van der Waals surface area contributed by atoms with Crippen LogP contribution in [0.5, 0.6) is 0 Å². The van der Waals surface area contributed by atoms with Gasteiger partial charge in [0.1, 0.15) is 0 Å². The summed E-state index contributed by atoms with van der Waals surface area (Å²) in [6.07, 6.45) is 1.02. The Labute approximate surface area is 154 Å². The van der Waals surface area contributed by atoms with Crippen LogP contribution in [0.15, 0.2) is 29.2 Å². The second kappa shape index (κ2) is 8.64. The Balaban J connectivity index is 2.06. The largest absolute Gasteiger partial charge is 0.452 e. The molecule has 2 rings (SSSR count). The highest BCUT2D eigenvalue weighted by Crippen LogP contribution is 2.26. The number of hydrogen-bond donors (Lipinski definition) is 1. The van der Waals surface area contributed by atoms with Gasteiger partial charge in [0.05, 0.1) is 10.5 Å². The number of amides is 1. The van der Waals surface area contributed by atoms with Gasteiger partial charge in [-0.25, -0.2) is 13.2 Å². The summed E-state index contributed by atoms with van der Waals surface area (Å²) in [5, 5.41) is 2.52. The fourth-order valence-electron chi connectivity index (χ4n) is 3.18. The molecule has 0 aliphatic carbocycles. The molecule has 0 saturated carbocycles. The number of ether oxygens (including phenoxy) is 1. The van der Waals surface area contributed by atoms with Crippen molar-refractivity contribution in [3.05, 3.63) is 29.8 Å². The van der Waals surface area contributed by atoms with Crippen molar-refractivity contribution in [3.8, 4) is 0 Å². The Bertz CT molecular complexity index is 735. The standard InChI is InChI=1S/C18H26N2O5S/c1-4-19-17(21)12-25-18(22)15-5-7-16(8-6-15)26(23,24)20-10-13(2)9-14(3)11-20/h5-8,13-14H,4,9-12H2,1-3H3,(H,19,21)/t13-,14-/m1/s1. The van der Waals surface area contributed by atoms with Crippen LogP contribution in [0.25, 0.3) is 0 Å². The second-order valence-electron chi connectivity index (χ2n) is 6.82. The van der Waals surface area contributed by atoms with E-state index in [-0.39, 0.29) is 23.0 Å². The summed E-state index contributed by atoms with van der Waals surface area (Å²) >= 11 is 0. The third-order valence-electron chi connectivity index (χ3n) is 4.27. The van der Waals surface area contributed by atoms with E-state index in [1.807, 2.05) is 13.8 Å². The van der Waals surface area contributed by atoms with Gasteiger partial charge in [0, 0.05) is 19.6 Å². The van der Waals surface area contributed by atoms with Crippen LogP contribution in [-0.4, -0.2) is 50.8 Å². The molecule has 0 radical (unpaired) electrons. The lowest BCUT2D eigenvalue weighted by atomic mass is 9.94. The molecule has 0 unspecified atom stereocenters. The summed E-state index contributed by atoms with van der Waals surface area (Å²) in [7, 11) is -3.59.